The van der Waals surface area contributed by atoms with Crippen LogP contribution in [0.3, 0.4) is 0 Å². The van der Waals surface area contributed by atoms with E-state index < -0.39 is 35.7 Å². The van der Waals surface area contributed by atoms with Gasteiger partial charge in [0.05, 0.1) is 12.2 Å². The fraction of sp³-hybridized carbons (Fsp3) is 0.591. The van der Waals surface area contributed by atoms with Crippen LogP contribution >= 0.6 is 0 Å². The van der Waals surface area contributed by atoms with E-state index in [-0.39, 0.29) is 19.1 Å². The average Bonchev–Trinajstić information content (AvgIpc) is 2.66. The van der Waals surface area contributed by atoms with E-state index in [9.17, 15) is 19.5 Å². The van der Waals surface area contributed by atoms with Crippen LogP contribution in [0.1, 0.15) is 46.6 Å². The van der Waals surface area contributed by atoms with E-state index in [4.69, 9.17) is 9.47 Å². The number of carboxylic acid groups (broad SMARTS) is 1. The molecule has 0 radical (unpaired) electrons. The maximum Gasteiger partial charge on any atom is 0.410 e. The fourth-order valence-electron chi connectivity index (χ4n) is 2.61. The fourth-order valence-corrected chi connectivity index (χ4v) is 2.61. The summed E-state index contributed by atoms with van der Waals surface area (Å²) in [7, 11) is 1.47. The van der Waals surface area contributed by atoms with Crippen LogP contribution in [-0.2, 0) is 25.7 Å². The van der Waals surface area contributed by atoms with E-state index in [0.29, 0.717) is 6.42 Å². The third-order valence-electron chi connectivity index (χ3n) is 4.26. The van der Waals surface area contributed by atoms with Crippen molar-refractivity contribution < 1.29 is 29.0 Å². The second kappa shape index (κ2) is 11.5. The predicted molar refractivity (Wildman–Crippen MR) is 113 cm³/mol. The van der Waals surface area contributed by atoms with Crippen LogP contribution < -0.4 is 5.32 Å². The number of likely N-dealkylation sites (N-methyl/N-ethyl adjacent to an activating group) is 1. The molecular formula is C22H34N2O6. The molecule has 30 heavy (non-hydrogen) atoms. The van der Waals surface area contributed by atoms with Gasteiger partial charge in [0.1, 0.15) is 12.6 Å². The van der Waals surface area contributed by atoms with E-state index in [2.05, 4.69) is 5.32 Å². The average molecular weight is 423 g/mol. The van der Waals surface area contributed by atoms with Gasteiger partial charge in [0.2, 0.25) is 5.91 Å². The molecule has 1 aromatic rings. The van der Waals surface area contributed by atoms with Gasteiger partial charge in [0.25, 0.3) is 0 Å². The molecule has 0 fully saturated rings. The van der Waals surface area contributed by atoms with Gasteiger partial charge in [-0.15, -0.1) is 0 Å². The molecule has 8 nitrogen and oxygen atoms in total. The molecule has 0 saturated carbocycles. The first kappa shape index (κ1) is 25.4. The second-order valence-electron chi connectivity index (χ2n) is 8.62. The van der Waals surface area contributed by atoms with E-state index in [0.717, 1.165) is 5.56 Å². The molecule has 2 atom stereocenters. The highest BCUT2D eigenvalue weighted by Gasteiger charge is 2.32. The van der Waals surface area contributed by atoms with Crippen molar-refractivity contribution in [1.82, 2.24) is 10.2 Å². The molecule has 8 heteroatoms. The van der Waals surface area contributed by atoms with Gasteiger partial charge in [-0.25, -0.2) is 9.59 Å². The van der Waals surface area contributed by atoms with Crippen molar-refractivity contribution in [2.45, 2.75) is 65.3 Å². The summed E-state index contributed by atoms with van der Waals surface area (Å²) in [5.41, 5.74) is 0.280. The Labute approximate surface area is 178 Å². The molecule has 0 aromatic heterocycles. The van der Waals surface area contributed by atoms with Crippen molar-refractivity contribution in [3.63, 3.8) is 0 Å². The zero-order valence-electron chi connectivity index (χ0n) is 18.7. The third-order valence-corrected chi connectivity index (χ3v) is 4.26. The molecule has 168 valence electrons. The van der Waals surface area contributed by atoms with Crippen LogP contribution in [0.25, 0.3) is 0 Å². The number of ether oxygens (including phenoxy) is 2. The van der Waals surface area contributed by atoms with Gasteiger partial charge < -0.3 is 19.9 Å². The van der Waals surface area contributed by atoms with Crippen molar-refractivity contribution in [2.24, 2.45) is 5.92 Å². The summed E-state index contributed by atoms with van der Waals surface area (Å²) in [5, 5.41) is 11.9. The highest BCUT2D eigenvalue weighted by molar-refractivity contribution is 5.89. The first-order valence-electron chi connectivity index (χ1n) is 10.0. The number of carboxylic acids is 1. The van der Waals surface area contributed by atoms with Gasteiger partial charge >= 0.3 is 12.1 Å². The summed E-state index contributed by atoms with van der Waals surface area (Å²) in [5.74, 6) is -1.67. The van der Waals surface area contributed by atoms with Crippen LogP contribution in [0.15, 0.2) is 30.3 Å². The molecule has 1 aromatic carbocycles. The summed E-state index contributed by atoms with van der Waals surface area (Å²) in [6.07, 6.45) is -0.299. The number of nitrogens with one attached hydrogen (secondary N) is 1. The summed E-state index contributed by atoms with van der Waals surface area (Å²) in [4.78, 5) is 38.1. The predicted octanol–water partition coefficient (Wildman–Crippen LogP) is 3.05. The minimum Gasteiger partial charge on any atom is -0.480 e. The SMILES string of the molecule is CC(C)C[C@@H](C(=O)N[C@@H](COC(C)(C)C)C(=O)O)N(C)C(=O)OCc1ccccc1. The first-order chi connectivity index (χ1) is 13.9. The Morgan fingerprint density at radius 3 is 2.23 bits per heavy atom. The van der Waals surface area contributed by atoms with E-state index in [1.54, 1.807) is 20.8 Å². The summed E-state index contributed by atoms with van der Waals surface area (Å²) in [6, 6.07) is 7.12. The van der Waals surface area contributed by atoms with Crippen LogP contribution in [0.4, 0.5) is 4.79 Å². The smallest absolute Gasteiger partial charge is 0.410 e. The second-order valence-corrected chi connectivity index (χ2v) is 8.62. The van der Waals surface area contributed by atoms with Crippen LogP contribution in [-0.4, -0.2) is 59.3 Å². The molecule has 0 aliphatic heterocycles. The van der Waals surface area contributed by atoms with E-state index >= 15 is 0 Å². The van der Waals surface area contributed by atoms with E-state index in [1.807, 2.05) is 44.2 Å². The van der Waals surface area contributed by atoms with Crippen LogP contribution in [0, 0.1) is 5.92 Å². The Morgan fingerprint density at radius 1 is 1.13 bits per heavy atom. The maximum atomic E-state index is 12.9. The number of rotatable bonds is 10. The summed E-state index contributed by atoms with van der Waals surface area (Å²) >= 11 is 0. The number of nitrogens with zero attached hydrogens (tertiary/aromatic N) is 1. The highest BCUT2D eigenvalue weighted by atomic mass is 16.6. The number of benzene rings is 1. The number of hydrogen-bond acceptors (Lipinski definition) is 5. The molecule has 0 aliphatic carbocycles. The van der Waals surface area contributed by atoms with Crippen molar-refractivity contribution in [1.29, 1.82) is 0 Å². The summed E-state index contributed by atoms with van der Waals surface area (Å²) < 4.78 is 10.8. The standard InChI is InChI=1S/C22H34N2O6/c1-15(2)12-18(19(25)23-17(20(26)27)14-30-22(3,4)5)24(6)21(28)29-13-16-10-8-7-9-11-16/h7-11,15,17-18H,12-14H2,1-6H3,(H,23,25)(H,26,27)/t17-,18-/m0/s1. The number of aliphatic carboxylic acids is 1. The molecule has 0 heterocycles. The molecule has 2 amide bonds. The quantitative estimate of drug-likeness (QED) is 0.600. The number of carbonyl (C=O) groups excluding carboxylic acids is 2. The largest absolute Gasteiger partial charge is 0.480 e. The maximum absolute atomic E-state index is 12.9. The topological polar surface area (TPSA) is 105 Å². The number of hydrogen-bond donors (Lipinski definition) is 2. The van der Waals surface area contributed by atoms with Gasteiger partial charge in [-0.2, -0.15) is 0 Å². The zero-order valence-corrected chi connectivity index (χ0v) is 18.7. The normalized spacial score (nSPS) is 13.4. The van der Waals surface area contributed by atoms with E-state index in [1.165, 1.54) is 11.9 Å². The molecule has 0 bridgehead atoms. The first-order valence-corrected chi connectivity index (χ1v) is 10.0. The van der Waals surface area contributed by atoms with Crippen LogP contribution in [0.5, 0.6) is 0 Å². The lowest BCUT2D eigenvalue weighted by molar-refractivity contribution is -0.146. The number of carbonyl (C=O) groups is 3. The third kappa shape index (κ3) is 9.26. The molecule has 0 unspecified atom stereocenters. The lowest BCUT2D eigenvalue weighted by Crippen LogP contribution is -2.54. The lowest BCUT2D eigenvalue weighted by Gasteiger charge is -2.29. The Bertz CT molecular complexity index is 699. The summed E-state index contributed by atoms with van der Waals surface area (Å²) in [6.45, 7) is 9.13. The van der Waals surface area contributed by atoms with Gasteiger partial charge in [0, 0.05) is 7.05 Å². The Hall–Kier alpha value is -2.61. The molecule has 1 rings (SSSR count). The lowest BCUT2D eigenvalue weighted by atomic mass is 10.0. The number of amides is 2. The van der Waals surface area contributed by atoms with Crippen LogP contribution in [0.2, 0.25) is 0 Å². The van der Waals surface area contributed by atoms with Crippen molar-refractivity contribution in [3.05, 3.63) is 35.9 Å². The Morgan fingerprint density at radius 2 is 1.73 bits per heavy atom. The molecular weight excluding hydrogens is 388 g/mol. The van der Waals surface area contributed by atoms with Crippen molar-refractivity contribution in [2.75, 3.05) is 13.7 Å². The molecule has 0 aliphatic rings. The van der Waals surface area contributed by atoms with Gasteiger partial charge in [-0.1, -0.05) is 44.2 Å². The zero-order chi connectivity index (χ0) is 22.9. The van der Waals surface area contributed by atoms with Gasteiger partial charge in [0.15, 0.2) is 6.04 Å². The molecule has 0 saturated heterocycles. The highest BCUT2D eigenvalue weighted by Crippen LogP contribution is 2.14. The van der Waals surface area contributed by atoms with Crippen molar-refractivity contribution >= 4 is 18.0 Å². The van der Waals surface area contributed by atoms with Gasteiger partial charge in [-0.05, 0) is 38.7 Å². The monoisotopic (exact) mass is 422 g/mol. The molecule has 0 spiro atoms. The minimum absolute atomic E-state index is 0.0806. The Kier molecular flexibility index (Phi) is 9.78. The van der Waals surface area contributed by atoms with Crippen molar-refractivity contribution in [3.8, 4) is 0 Å². The van der Waals surface area contributed by atoms with Gasteiger partial charge in [-0.3, -0.25) is 9.69 Å². The molecule has 2 N–H and O–H groups in total. The Balaban J connectivity index is 2.82. The minimum atomic E-state index is -1.22.